The Bertz CT molecular complexity index is 889. The largest absolute Gasteiger partial charge is 0.486 e. The summed E-state index contributed by atoms with van der Waals surface area (Å²) in [7, 11) is 0. The van der Waals surface area contributed by atoms with Gasteiger partial charge in [-0.2, -0.15) is 0 Å². The molecule has 8 heteroatoms. The monoisotopic (exact) mass is 490 g/mol. The van der Waals surface area contributed by atoms with Gasteiger partial charge in [0.1, 0.15) is 25.9 Å². The lowest BCUT2D eigenvalue weighted by Crippen LogP contribution is -2.47. The maximum atomic E-state index is 12.5. The topological polar surface area (TPSA) is 80.3 Å². The molecule has 0 aromatic heterocycles. The minimum atomic E-state index is -0.949. The van der Waals surface area contributed by atoms with Crippen molar-refractivity contribution < 1.29 is 24.1 Å². The van der Waals surface area contributed by atoms with Crippen LogP contribution in [0.15, 0.2) is 46.9 Å². The van der Waals surface area contributed by atoms with Gasteiger partial charge in [-0.05, 0) is 43.6 Å². The highest BCUT2D eigenvalue weighted by Gasteiger charge is 2.30. The number of amides is 1. The lowest BCUT2D eigenvalue weighted by molar-refractivity contribution is 0.0873. The van der Waals surface area contributed by atoms with E-state index in [2.05, 4.69) is 26.1 Å². The summed E-state index contributed by atoms with van der Waals surface area (Å²) in [6.45, 7) is 3.56. The molecule has 2 heterocycles. The number of benzene rings is 2. The number of fused-ring (bicyclic) bond motifs is 1. The van der Waals surface area contributed by atoms with Gasteiger partial charge in [-0.1, -0.05) is 46.3 Å². The van der Waals surface area contributed by atoms with Crippen LogP contribution >= 0.6 is 15.9 Å². The molecule has 2 N–H and O–H groups in total. The van der Waals surface area contributed by atoms with Crippen molar-refractivity contribution in [2.24, 2.45) is 0 Å². The first-order valence-electron chi connectivity index (χ1n) is 10.6. The van der Waals surface area contributed by atoms with Crippen LogP contribution in [-0.4, -0.2) is 55.0 Å². The van der Waals surface area contributed by atoms with Gasteiger partial charge in [0.2, 0.25) is 0 Å². The average molecular weight is 491 g/mol. The van der Waals surface area contributed by atoms with Crippen molar-refractivity contribution in [3.8, 4) is 11.5 Å². The van der Waals surface area contributed by atoms with Crippen molar-refractivity contribution in [2.75, 3.05) is 32.8 Å². The van der Waals surface area contributed by atoms with Crippen LogP contribution < -0.4 is 14.8 Å². The Morgan fingerprint density at radius 1 is 1.13 bits per heavy atom. The highest BCUT2D eigenvalue weighted by atomic mass is 79.9. The van der Waals surface area contributed by atoms with E-state index >= 15 is 0 Å². The van der Waals surface area contributed by atoms with Gasteiger partial charge < -0.3 is 29.5 Å². The standard InChI is InChI=1S/C23H27BrN2O5/c24-18-13-21-20(29-10-11-30-21)12-17(18)22(27)19(14-26-8-4-5-9-26)25-23(28)31-15-16-6-2-1-3-7-16/h1-3,6-7,12-13,19,22,27H,4-5,8-11,14-15H2,(H,25,28)/t19-,22-/m1/s1. The fourth-order valence-electron chi connectivity index (χ4n) is 3.91. The van der Waals surface area contributed by atoms with E-state index in [0.717, 1.165) is 31.5 Å². The number of nitrogens with zero attached hydrogens (tertiary/aromatic N) is 1. The molecular formula is C23H27BrN2O5. The van der Waals surface area contributed by atoms with E-state index in [1.165, 1.54) is 0 Å². The Morgan fingerprint density at radius 3 is 2.52 bits per heavy atom. The molecule has 2 aliphatic rings. The number of carbonyl (C=O) groups excluding carboxylic acids is 1. The first kappa shape index (κ1) is 21.9. The van der Waals surface area contributed by atoms with Gasteiger partial charge in [0.25, 0.3) is 0 Å². The normalized spacial score (nSPS) is 17.7. The van der Waals surface area contributed by atoms with Gasteiger partial charge in [-0.15, -0.1) is 0 Å². The molecule has 0 radical (unpaired) electrons. The first-order valence-corrected chi connectivity index (χ1v) is 11.4. The summed E-state index contributed by atoms with van der Waals surface area (Å²) >= 11 is 3.53. The van der Waals surface area contributed by atoms with E-state index in [9.17, 15) is 9.90 Å². The van der Waals surface area contributed by atoms with E-state index in [0.29, 0.717) is 41.3 Å². The molecule has 7 nitrogen and oxygen atoms in total. The highest BCUT2D eigenvalue weighted by Crippen LogP contribution is 2.38. The summed E-state index contributed by atoms with van der Waals surface area (Å²) in [5.41, 5.74) is 1.54. The average Bonchev–Trinajstić information content (AvgIpc) is 3.30. The van der Waals surface area contributed by atoms with E-state index in [4.69, 9.17) is 14.2 Å². The van der Waals surface area contributed by atoms with Crippen molar-refractivity contribution in [3.05, 3.63) is 58.1 Å². The minimum Gasteiger partial charge on any atom is -0.486 e. The van der Waals surface area contributed by atoms with Crippen LogP contribution in [-0.2, 0) is 11.3 Å². The van der Waals surface area contributed by atoms with Crippen molar-refractivity contribution >= 4 is 22.0 Å². The molecule has 31 heavy (non-hydrogen) atoms. The molecule has 0 bridgehead atoms. The second-order valence-electron chi connectivity index (χ2n) is 7.78. The number of aliphatic hydroxyl groups is 1. The number of carbonyl (C=O) groups is 1. The molecular weight excluding hydrogens is 464 g/mol. The molecule has 2 aromatic carbocycles. The molecule has 4 rings (SSSR count). The van der Waals surface area contributed by atoms with Crippen LogP contribution in [0.5, 0.6) is 11.5 Å². The molecule has 1 fully saturated rings. The number of hydrogen-bond donors (Lipinski definition) is 2. The number of ether oxygens (including phenoxy) is 3. The number of alkyl carbamates (subject to hydrolysis) is 1. The van der Waals surface area contributed by atoms with E-state index in [1.54, 1.807) is 12.1 Å². The lowest BCUT2D eigenvalue weighted by Gasteiger charge is -2.29. The third kappa shape index (κ3) is 5.70. The number of aliphatic hydroxyl groups excluding tert-OH is 1. The molecule has 0 saturated carbocycles. The quantitative estimate of drug-likeness (QED) is 0.616. The van der Waals surface area contributed by atoms with Crippen LogP contribution in [0.25, 0.3) is 0 Å². The molecule has 1 saturated heterocycles. The third-order valence-corrected chi connectivity index (χ3v) is 6.22. The van der Waals surface area contributed by atoms with Crippen molar-refractivity contribution in [1.82, 2.24) is 10.2 Å². The Hall–Kier alpha value is -2.29. The molecule has 1 amide bonds. The fourth-order valence-corrected chi connectivity index (χ4v) is 4.46. The van der Waals surface area contributed by atoms with Crippen LogP contribution in [0.2, 0.25) is 0 Å². The predicted molar refractivity (Wildman–Crippen MR) is 119 cm³/mol. The maximum Gasteiger partial charge on any atom is 0.407 e. The Labute approximate surface area is 190 Å². The zero-order valence-electron chi connectivity index (χ0n) is 17.3. The van der Waals surface area contributed by atoms with Gasteiger partial charge in [0.15, 0.2) is 11.5 Å². The fraction of sp³-hybridized carbons (Fsp3) is 0.435. The zero-order chi connectivity index (χ0) is 21.6. The van der Waals surface area contributed by atoms with Crippen LogP contribution in [0.1, 0.15) is 30.1 Å². The van der Waals surface area contributed by atoms with Gasteiger partial charge in [0, 0.05) is 16.6 Å². The van der Waals surface area contributed by atoms with Gasteiger partial charge in [-0.3, -0.25) is 0 Å². The molecule has 2 aliphatic heterocycles. The molecule has 166 valence electrons. The number of halogens is 1. The van der Waals surface area contributed by atoms with Crippen molar-refractivity contribution in [2.45, 2.75) is 31.6 Å². The first-order chi connectivity index (χ1) is 15.1. The van der Waals surface area contributed by atoms with Crippen LogP contribution in [0, 0.1) is 0 Å². The molecule has 2 atom stereocenters. The predicted octanol–water partition coefficient (Wildman–Crippen LogP) is 3.64. The summed E-state index contributed by atoms with van der Waals surface area (Å²) in [5.74, 6) is 1.23. The highest BCUT2D eigenvalue weighted by molar-refractivity contribution is 9.10. The smallest absolute Gasteiger partial charge is 0.407 e. The summed E-state index contributed by atoms with van der Waals surface area (Å²) in [6.07, 6.45) is 0.736. The molecule has 2 aromatic rings. The Kier molecular flexibility index (Phi) is 7.32. The molecule has 0 spiro atoms. The number of rotatable bonds is 7. The van der Waals surface area contributed by atoms with Crippen molar-refractivity contribution in [3.63, 3.8) is 0 Å². The van der Waals surface area contributed by atoms with E-state index in [-0.39, 0.29) is 6.61 Å². The van der Waals surface area contributed by atoms with Gasteiger partial charge >= 0.3 is 6.09 Å². The van der Waals surface area contributed by atoms with Crippen LogP contribution in [0.4, 0.5) is 4.79 Å². The second-order valence-corrected chi connectivity index (χ2v) is 8.64. The number of nitrogens with one attached hydrogen (secondary N) is 1. The van der Waals surface area contributed by atoms with E-state index in [1.807, 2.05) is 30.3 Å². The van der Waals surface area contributed by atoms with Crippen molar-refractivity contribution in [1.29, 1.82) is 0 Å². The zero-order valence-corrected chi connectivity index (χ0v) is 18.8. The van der Waals surface area contributed by atoms with Crippen LogP contribution in [0.3, 0.4) is 0 Å². The summed E-state index contributed by atoms with van der Waals surface area (Å²) < 4.78 is 17.4. The maximum absolute atomic E-state index is 12.5. The van der Waals surface area contributed by atoms with Gasteiger partial charge in [0.05, 0.1) is 6.04 Å². The Morgan fingerprint density at radius 2 is 1.81 bits per heavy atom. The van der Waals surface area contributed by atoms with E-state index < -0.39 is 18.2 Å². The SMILES string of the molecule is O=C(N[C@H](CN1CCCC1)[C@H](O)c1cc2c(cc1Br)OCCO2)OCc1ccccc1. The minimum absolute atomic E-state index is 0.174. The van der Waals surface area contributed by atoms with Gasteiger partial charge in [-0.25, -0.2) is 4.79 Å². The Balaban J connectivity index is 1.48. The number of likely N-dealkylation sites (tertiary alicyclic amines) is 1. The third-order valence-electron chi connectivity index (χ3n) is 5.53. The summed E-state index contributed by atoms with van der Waals surface area (Å²) in [4.78, 5) is 14.8. The molecule has 0 unspecified atom stereocenters. The second kappa shape index (κ2) is 10.3. The molecule has 0 aliphatic carbocycles. The summed E-state index contributed by atoms with van der Waals surface area (Å²) in [6, 6.07) is 12.5. The number of hydrogen-bond acceptors (Lipinski definition) is 6. The summed E-state index contributed by atoms with van der Waals surface area (Å²) in [5, 5.41) is 14.1. The lowest BCUT2D eigenvalue weighted by atomic mass is 10.0.